The van der Waals surface area contributed by atoms with Gasteiger partial charge in [0.05, 0.1) is 0 Å². The van der Waals surface area contributed by atoms with Crippen molar-refractivity contribution >= 4 is 54.4 Å². The minimum Gasteiger partial charge on any atom is -0.135 e. The highest BCUT2D eigenvalue weighted by Crippen LogP contribution is 2.42. The van der Waals surface area contributed by atoms with Gasteiger partial charge in [0.2, 0.25) is 0 Å². The summed E-state index contributed by atoms with van der Waals surface area (Å²) in [5.41, 5.74) is 11.2. The molecule has 5 aromatic carbocycles. The highest BCUT2D eigenvalue weighted by Gasteiger charge is 2.20. The Kier molecular flexibility index (Phi) is 4.75. The molecule has 0 bridgehead atoms. The molecular weight excluding hydrogens is 464 g/mol. The number of thiophene rings is 1. The Labute approximate surface area is 221 Å². The summed E-state index contributed by atoms with van der Waals surface area (Å²) in [7, 11) is 0. The van der Waals surface area contributed by atoms with Crippen molar-refractivity contribution in [2.75, 3.05) is 0 Å². The van der Waals surface area contributed by atoms with Crippen molar-refractivity contribution in [3.05, 3.63) is 119 Å². The van der Waals surface area contributed by atoms with Crippen LogP contribution in [0.2, 0.25) is 0 Å². The monoisotopic (exact) mass is 490 g/mol. The van der Waals surface area contributed by atoms with Crippen LogP contribution in [0.1, 0.15) is 35.1 Å². The zero-order valence-electron chi connectivity index (χ0n) is 20.6. The summed E-state index contributed by atoms with van der Waals surface area (Å²) in [5.74, 6) is 0. The molecule has 0 saturated heterocycles. The van der Waals surface area contributed by atoms with Gasteiger partial charge in [-0.1, -0.05) is 91.0 Å². The summed E-state index contributed by atoms with van der Waals surface area (Å²) in [5, 5.41) is 5.49. The first kappa shape index (κ1) is 21.2. The van der Waals surface area contributed by atoms with Gasteiger partial charge in [-0.2, -0.15) is 0 Å². The zero-order chi connectivity index (χ0) is 24.3. The molecule has 0 nitrogen and oxygen atoms in total. The third-order valence-electron chi connectivity index (χ3n) is 8.22. The fourth-order valence-corrected chi connectivity index (χ4v) is 7.72. The summed E-state index contributed by atoms with van der Waals surface area (Å²) in [4.78, 5) is 0. The Morgan fingerprint density at radius 2 is 1.22 bits per heavy atom. The van der Waals surface area contributed by atoms with Crippen LogP contribution in [0.4, 0.5) is 0 Å². The van der Waals surface area contributed by atoms with Gasteiger partial charge in [0.25, 0.3) is 0 Å². The standard InChI is InChI=1S/C36H26S/c1-2-13-29-27(11-1)28-12-3-4-14-30(28)34-22-24(19-20-31(29)34)23-9-7-10-25(21-23)26-16-8-17-33-32-15-5-6-18-35(32)37-36(26)33/h2,4-10,13-22H,1,3,11-12H2. The average molecular weight is 491 g/mol. The van der Waals surface area contributed by atoms with E-state index in [1.54, 1.807) is 11.1 Å². The highest BCUT2D eigenvalue weighted by molar-refractivity contribution is 7.26. The lowest BCUT2D eigenvalue weighted by Crippen LogP contribution is -2.07. The van der Waals surface area contributed by atoms with Crippen molar-refractivity contribution in [2.24, 2.45) is 0 Å². The maximum Gasteiger partial charge on any atom is 0.0433 e. The normalized spacial score (nSPS) is 14.4. The highest BCUT2D eigenvalue weighted by atomic mass is 32.1. The van der Waals surface area contributed by atoms with E-state index >= 15 is 0 Å². The molecule has 2 aliphatic carbocycles. The number of allylic oxidation sites excluding steroid dienone is 2. The summed E-state index contributed by atoms with van der Waals surface area (Å²) in [6.07, 6.45) is 14.1. The summed E-state index contributed by atoms with van der Waals surface area (Å²) in [6.45, 7) is 0. The lowest BCUT2D eigenvalue weighted by Gasteiger charge is -2.24. The molecule has 0 radical (unpaired) electrons. The predicted molar refractivity (Wildman–Crippen MR) is 162 cm³/mol. The lowest BCUT2D eigenvalue weighted by molar-refractivity contribution is 0.911. The fraction of sp³-hybridized carbons (Fsp3) is 0.111. The van der Waals surface area contributed by atoms with Crippen LogP contribution in [-0.2, 0) is 12.8 Å². The molecule has 1 aromatic heterocycles. The van der Waals surface area contributed by atoms with E-state index in [4.69, 9.17) is 0 Å². The second-order valence-corrected chi connectivity index (χ2v) is 11.3. The number of benzene rings is 5. The molecule has 0 unspecified atom stereocenters. The topological polar surface area (TPSA) is 0 Å². The van der Waals surface area contributed by atoms with Crippen molar-refractivity contribution in [3.8, 4) is 22.3 Å². The SMILES string of the molecule is C1=Cc2c(c3c(c4cc(-c5cccc(-c6cccc7c6sc6ccccc67)c5)ccc24)C=CCC3)CC1. The van der Waals surface area contributed by atoms with Gasteiger partial charge in [-0.3, -0.25) is 0 Å². The van der Waals surface area contributed by atoms with Crippen LogP contribution in [0.25, 0.3) is 65.4 Å². The van der Waals surface area contributed by atoms with E-state index in [9.17, 15) is 0 Å². The molecule has 0 saturated carbocycles. The summed E-state index contributed by atoms with van der Waals surface area (Å²) in [6, 6.07) is 31.7. The van der Waals surface area contributed by atoms with E-state index in [-0.39, 0.29) is 0 Å². The van der Waals surface area contributed by atoms with Gasteiger partial charge in [0.1, 0.15) is 0 Å². The van der Waals surface area contributed by atoms with Crippen molar-refractivity contribution in [1.29, 1.82) is 0 Å². The third kappa shape index (κ3) is 3.27. The molecule has 8 rings (SSSR count). The molecule has 0 aliphatic heterocycles. The minimum absolute atomic E-state index is 1.15. The van der Waals surface area contributed by atoms with Crippen LogP contribution in [0.15, 0.2) is 97.1 Å². The molecule has 1 heteroatoms. The number of rotatable bonds is 2. The molecule has 0 amide bonds. The molecule has 2 aliphatic rings. The van der Waals surface area contributed by atoms with Gasteiger partial charge in [0.15, 0.2) is 0 Å². The van der Waals surface area contributed by atoms with Gasteiger partial charge >= 0.3 is 0 Å². The molecule has 37 heavy (non-hydrogen) atoms. The smallest absolute Gasteiger partial charge is 0.0433 e. The minimum atomic E-state index is 1.15. The second-order valence-electron chi connectivity index (χ2n) is 10.3. The first-order valence-electron chi connectivity index (χ1n) is 13.3. The number of hydrogen-bond donors (Lipinski definition) is 0. The average Bonchev–Trinajstić information content (AvgIpc) is 3.36. The van der Waals surface area contributed by atoms with Crippen LogP contribution in [0.5, 0.6) is 0 Å². The van der Waals surface area contributed by atoms with Gasteiger partial charge in [-0.15, -0.1) is 11.3 Å². The Hall–Kier alpha value is -3.94. The first-order valence-corrected chi connectivity index (χ1v) is 14.1. The van der Waals surface area contributed by atoms with Crippen molar-refractivity contribution in [2.45, 2.75) is 25.7 Å². The van der Waals surface area contributed by atoms with Crippen LogP contribution >= 0.6 is 11.3 Å². The third-order valence-corrected chi connectivity index (χ3v) is 9.44. The molecule has 1 heterocycles. The van der Waals surface area contributed by atoms with E-state index in [1.807, 2.05) is 11.3 Å². The van der Waals surface area contributed by atoms with E-state index in [0.717, 1.165) is 19.3 Å². The van der Waals surface area contributed by atoms with E-state index in [1.165, 1.54) is 70.7 Å². The largest absolute Gasteiger partial charge is 0.135 e. The van der Waals surface area contributed by atoms with Crippen molar-refractivity contribution in [1.82, 2.24) is 0 Å². The fourth-order valence-electron chi connectivity index (χ4n) is 6.48. The first-order chi connectivity index (χ1) is 18.3. The van der Waals surface area contributed by atoms with Gasteiger partial charge in [0, 0.05) is 20.2 Å². The molecule has 6 aromatic rings. The Bertz CT molecular complexity index is 1930. The van der Waals surface area contributed by atoms with Crippen LogP contribution in [-0.4, -0.2) is 0 Å². The van der Waals surface area contributed by atoms with E-state index in [2.05, 4.69) is 109 Å². The molecule has 0 N–H and O–H groups in total. The maximum atomic E-state index is 2.44. The second kappa shape index (κ2) is 8.30. The molecule has 0 atom stereocenters. The number of hydrogen-bond acceptors (Lipinski definition) is 1. The van der Waals surface area contributed by atoms with Crippen LogP contribution in [0, 0.1) is 0 Å². The Morgan fingerprint density at radius 1 is 0.514 bits per heavy atom. The van der Waals surface area contributed by atoms with Gasteiger partial charge < -0.3 is 0 Å². The van der Waals surface area contributed by atoms with Gasteiger partial charge in [-0.25, -0.2) is 0 Å². The maximum absolute atomic E-state index is 2.44. The predicted octanol–water partition coefficient (Wildman–Crippen LogP) is 10.5. The summed E-state index contributed by atoms with van der Waals surface area (Å²) >= 11 is 1.90. The van der Waals surface area contributed by atoms with Crippen molar-refractivity contribution in [3.63, 3.8) is 0 Å². The molecule has 0 fully saturated rings. The lowest BCUT2D eigenvalue weighted by atomic mass is 9.80. The van der Waals surface area contributed by atoms with Crippen LogP contribution in [0.3, 0.4) is 0 Å². The zero-order valence-corrected chi connectivity index (χ0v) is 21.4. The summed E-state index contributed by atoms with van der Waals surface area (Å²) < 4.78 is 2.72. The molecule has 0 spiro atoms. The van der Waals surface area contributed by atoms with Crippen LogP contribution < -0.4 is 0 Å². The Morgan fingerprint density at radius 3 is 2.08 bits per heavy atom. The van der Waals surface area contributed by atoms with E-state index < -0.39 is 0 Å². The van der Waals surface area contributed by atoms with Gasteiger partial charge in [-0.05, 0) is 99.2 Å². The Balaban J connectivity index is 1.31. The molecular formula is C36H26S. The quantitative estimate of drug-likeness (QED) is 0.226. The van der Waals surface area contributed by atoms with E-state index in [0.29, 0.717) is 0 Å². The number of fused-ring (bicyclic) bond motifs is 9. The van der Waals surface area contributed by atoms with Crippen molar-refractivity contribution < 1.29 is 0 Å². The molecule has 176 valence electrons.